The third-order valence-corrected chi connectivity index (χ3v) is 7.31. The van der Waals surface area contributed by atoms with E-state index in [0.29, 0.717) is 35.0 Å². The molecule has 0 unspecified atom stereocenters. The van der Waals surface area contributed by atoms with Crippen molar-refractivity contribution in [3.05, 3.63) is 37.9 Å². The quantitative estimate of drug-likeness (QED) is 0.822. The summed E-state index contributed by atoms with van der Waals surface area (Å²) in [6, 6.07) is 3.79. The smallest absolute Gasteiger partial charge is 0.264 e. The Balaban J connectivity index is 1.70. The van der Waals surface area contributed by atoms with Gasteiger partial charge in [-0.3, -0.25) is 19.3 Å². The first-order valence-electron chi connectivity index (χ1n) is 9.07. The zero-order chi connectivity index (χ0) is 20.0. The van der Waals surface area contributed by atoms with Crippen LogP contribution in [-0.4, -0.2) is 65.9 Å². The maximum atomic E-state index is 12.9. The Bertz CT molecular complexity index is 965. The highest BCUT2D eigenvalue weighted by molar-refractivity contribution is 7.17. The summed E-state index contributed by atoms with van der Waals surface area (Å²) in [7, 11) is 1.62. The number of rotatable bonds is 3. The highest BCUT2D eigenvalue weighted by Crippen LogP contribution is 2.41. The summed E-state index contributed by atoms with van der Waals surface area (Å²) in [5.41, 5.74) is 1.49. The van der Waals surface area contributed by atoms with Crippen LogP contribution in [0.3, 0.4) is 0 Å². The van der Waals surface area contributed by atoms with Gasteiger partial charge in [-0.2, -0.15) is 0 Å². The van der Waals surface area contributed by atoms with E-state index in [2.05, 4.69) is 0 Å². The molecule has 0 aliphatic carbocycles. The second-order valence-corrected chi connectivity index (χ2v) is 9.37. The lowest BCUT2D eigenvalue weighted by Gasteiger charge is -2.27. The fraction of sp³-hybridized carbons (Fsp3) is 0.421. The molecule has 0 saturated carbocycles. The first kappa shape index (κ1) is 19.1. The fourth-order valence-corrected chi connectivity index (χ4v) is 5.90. The summed E-state index contributed by atoms with van der Waals surface area (Å²) < 4.78 is 0. The summed E-state index contributed by atoms with van der Waals surface area (Å²) in [6.45, 7) is 2.92. The lowest BCUT2D eigenvalue weighted by atomic mass is 10.0. The average molecular weight is 420 g/mol. The second-order valence-electron chi connectivity index (χ2n) is 7.00. The second kappa shape index (κ2) is 7.31. The van der Waals surface area contributed by atoms with Crippen molar-refractivity contribution in [3.63, 3.8) is 0 Å². The lowest BCUT2D eigenvalue weighted by Crippen LogP contribution is -2.39. The number of carbonyl (C=O) groups is 3. The monoisotopic (exact) mass is 419 g/mol. The minimum absolute atomic E-state index is 0.000852. The molecule has 0 spiro atoms. The molecule has 2 aromatic rings. The molecule has 0 aromatic carbocycles. The Morgan fingerprint density at radius 3 is 2.68 bits per heavy atom. The molecule has 7 nitrogen and oxygen atoms in total. The Labute approximate surface area is 170 Å². The number of anilines is 1. The standard InChI is InChI=1S/C19H21N3O4S2/c1-11-3-4-13(27-11)17(25)21-6-5-12-14(9-21)28-19-16(12)18(26)20(2)10-15(24)22(19)7-8-23/h3-4,23H,5-10H2,1-2H3. The van der Waals surface area contributed by atoms with Gasteiger partial charge in [-0.25, -0.2) is 0 Å². The van der Waals surface area contributed by atoms with E-state index >= 15 is 0 Å². The van der Waals surface area contributed by atoms with Crippen LogP contribution in [0.25, 0.3) is 0 Å². The van der Waals surface area contributed by atoms with Crippen molar-refractivity contribution < 1.29 is 19.5 Å². The van der Waals surface area contributed by atoms with Crippen molar-refractivity contribution in [2.75, 3.05) is 38.2 Å². The van der Waals surface area contributed by atoms with Crippen molar-refractivity contribution in [2.24, 2.45) is 0 Å². The number of aliphatic hydroxyl groups excluding tert-OH is 1. The molecule has 1 N–H and O–H groups in total. The van der Waals surface area contributed by atoms with E-state index in [1.54, 1.807) is 11.9 Å². The molecule has 0 fully saturated rings. The number of hydrogen-bond acceptors (Lipinski definition) is 6. The first-order chi connectivity index (χ1) is 13.4. The lowest BCUT2D eigenvalue weighted by molar-refractivity contribution is -0.119. The van der Waals surface area contributed by atoms with Gasteiger partial charge >= 0.3 is 0 Å². The van der Waals surface area contributed by atoms with Crippen LogP contribution >= 0.6 is 22.7 Å². The molecule has 2 aliphatic rings. The normalized spacial score (nSPS) is 16.9. The van der Waals surface area contributed by atoms with Crippen LogP contribution in [-0.2, 0) is 17.8 Å². The molecule has 9 heteroatoms. The van der Waals surface area contributed by atoms with Crippen molar-refractivity contribution >= 4 is 45.4 Å². The minimum Gasteiger partial charge on any atom is -0.395 e. The van der Waals surface area contributed by atoms with Gasteiger partial charge in [-0.15, -0.1) is 22.7 Å². The van der Waals surface area contributed by atoms with E-state index in [1.165, 1.54) is 32.5 Å². The molecule has 28 heavy (non-hydrogen) atoms. The number of likely N-dealkylation sites (N-methyl/N-ethyl adjacent to an activating group) is 1. The summed E-state index contributed by atoms with van der Waals surface area (Å²) in [6.07, 6.45) is 0.581. The maximum absolute atomic E-state index is 12.9. The molecule has 0 bridgehead atoms. The summed E-state index contributed by atoms with van der Waals surface area (Å²) in [5.74, 6) is -0.377. The average Bonchev–Trinajstić information content (AvgIpc) is 3.25. The highest BCUT2D eigenvalue weighted by Gasteiger charge is 2.37. The molecule has 3 amide bonds. The highest BCUT2D eigenvalue weighted by atomic mass is 32.1. The van der Waals surface area contributed by atoms with Gasteiger partial charge < -0.3 is 14.9 Å². The van der Waals surface area contributed by atoms with E-state index in [-0.39, 0.29) is 37.4 Å². The van der Waals surface area contributed by atoms with Gasteiger partial charge in [-0.05, 0) is 31.0 Å². The molecule has 2 aromatic heterocycles. The van der Waals surface area contributed by atoms with E-state index in [4.69, 9.17) is 0 Å². The first-order valence-corrected chi connectivity index (χ1v) is 10.7. The van der Waals surface area contributed by atoms with Gasteiger partial charge in [0.1, 0.15) is 11.5 Å². The number of aryl methyl sites for hydroxylation is 1. The predicted molar refractivity (Wildman–Crippen MR) is 108 cm³/mol. The third kappa shape index (κ3) is 3.13. The topological polar surface area (TPSA) is 81.2 Å². The maximum Gasteiger partial charge on any atom is 0.264 e. The van der Waals surface area contributed by atoms with E-state index in [0.717, 1.165) is 15.3 Å². The molecule has 4 rings (SSSR count). The van der Waals surface area contributed by atoms with Crippen LogP contribution in [0.15, 0.2) is 12.1 Å². The van der Waals surface area contributed by atoms with Crippen LogP contribution in [0.2, 0.25) is 0 Å². The summed E-state index contributed by atoms with van der Waals surface area (Å²) >= 11 is 2.87. The molecule has 0 atom stereocenters. The minimum atomic E-state index is -0.204. The summed E-state index contributed by atoms with van der Waals surface area (Å²) in [5, 5.41) is 9.99. The molecular formula is C19H21N3O4S2. The van der Waals surface area contributed by atoms with Gasteiger partial charge in [0.05, 0.1) is 23.6 Å². The van der Waals surface area contributed by atoms with Crippen molar-refractivity contribution in [1.29, 1.82) is 0 Å². The number of fused-ring (bicyclic) bond motifs is 3. The van der Waals surface area contributed by atoms with Gasteiger partial charge in [0, 0.05) is 29.9 Å². The van der Waals surface area contributed by atoms with Crippen molar-refractivity contribution in [3.8, 4) is 0 Å². The number of hydrogen-bond donors (Lipinski definition) is 1. The molecule has 148 valence electrons. The molecular weight excluding hydrogens is 398 g/mol. The van der Waals surface area contributed by atoms with Gasteiger partial charge in [0.25, 0.3) is 11.8 Å². The van der Waals surface area contributed by atoms with Crippen LogP contribution in [0, 0.1) is 6.92 Å². The van der Waals surface area contributed by atoms with E-state index < -0.39 is 0 Å². The zero-order valence-electron chi connectivity index (χ0n) is 15.7. The SMILES string of the molecule is Cc1ccc(C(=O)N2CCc3c(sc4c3C(=O)N(C)CC(=O)N4CCO)C2)s1. The molecule has 4 heterocycles. The predicted octanol–water partition coefficient (Wildman–Crippen LogP) is 1.73. The Morgan fingerprint density at radius 2 is 2.00 bits per heavy atom. The number of β-amino-alcohol motifs (C(OH)–C–C–N with tert-alkyl or cyclic N) is 1. The fourth-order valence-electron chi connectivity index (χ4n) is 3.67. The number of nitrogens with zero attached hydrogens (tertiary/aromatic N) is 3. The molecule has 2 aliphatic heterocycles. The number of amides is 3. The van der Waals surface area contributed by atoms with E-state index in [1.807, 2.05) is 19.1 Å². The van der Waals surface area contributed by atoms with Crippen molar-refractivity contribution in [2.45, 2.75) is 19.9 Å². The number of carbonyl (C=O) groups excluding carboxylic acids is 3. The Hall–Kier alpha value is -2.23. The van der Waals surface area contributed by atoms with Crippen LogP contribution in [0.4, 0.5) is 5.00 Å². The Kier molecular flexibility index (Phi) is 4.98. The van der Waals surface area contributed by atoms with Crippen LogP contribution in [0.5, 0.6) is 0 Å². The van der Waals surface area contributed by atoms with Gasteiger partial charge in [-0.1, -0.05) is 0 Å². The van der Waals surface area contributed by atoms with Gasteiger partial charge in [0.2, 0.25) is 5.91 Å². The largest absolute Gasteiger partial charge is 0.395 e. The Morgan fingerprint density at radius 1 is 1.21 bits per heavy atom. The van der Waals surface area contributed by atoms with Crippen LogP contribution in [0.1, 0.15) is 35.3 Å². The molecule has 0 radical (unpaired) electrons. The van der Waals surface area contributed by atoms with Crippen LogP contribution < -0.4 is 4.90 Å². The number of thiophene rings is 2. The van der Waals surface area contributed by atoms with Gasteiger partial charge in [0.15, 0.2) is 0 Å². The van der Waals surface area contributed by atoms with Crippen molar-refractivity contribution in [1.82, 2.24) is 9.80 Å². The zero-order valence-corrected chi connectivity index (χ0v) is 17.4. The third-order valence-electron chi connectivity index (χ3n) is 5.08. The van der Waals surface area contributed by atoms with E-state index in [9.17, 15) is 19.5 Å². The molecule has 0 saturated heterocycles. The number of aliphatic hydroxyl groups is 1. The summed E-state index contributed by atoms with van der Waals surface area (Å²) in [4.78, 5) is 45.8.